The summed E-state index contributed by atoms with van der Waals surface area (Å²) in [6.07, 6.45) is 3.64. The number of carbonyl (C=O) groups is 1. The maximum Gasteiger partial charge on any atom is 0.185 e. The molecule has 6 heteroatoms. The highest BCUT2D eigenvalue weighted by molar-refractivity contribution is 8.16. The SMILES string of the molecule is C[C@@]1(c2cccc(CC(=O)c3ccc(C#N)cn3)c2)C=CSC(N)=N1. The third kappa shape index (κ3) is 3.78. The molecule has 3 rings (SSSR count). The van der Waals surface area contributed by atoms with E-state index in [2.05, 4.69) is 9.98 Å². The van der Waals surface area contributed by atoms with Crippen LogP contribution in [0.15, 0.2) is 59.1 Å². The third-order valence-electron chi connectivity index (χ3n) is 3.98. The number of carbonyl (C=O) groups excluding carboxylic acids is 1. The van der Waals surface area contributed by atoms with Crippen LogP contribution in [0.2, 0.25) is 0 Å². The first kappa shape index (κ1) is 16.9. The molecule has 0 bridgehead atoms. The van der Waals surface area contributed by atoms with Gasteiger partial charge in [-0.05, 0) is 41.7 Å². The maximum atomic E-state index is 12.4. The minimum atomic E-state index is -0.527. The van der Waals surface area contributed by atoms with E-state index in [4.69, 9.17) is 11.0 Å². The number of thioether (sulfide) groups is 1. The molecule has 1 aromatic carbocycles. The van der Waals surface area contributed by atoms with Gasteiger partial charge in [0.05, 0.1) is 5.56 Å². The maximum absolute atomic E-state index is 12.4. The molecule has 2 heterocycles. The fraction of sp³-hybridized carbons (Fsp3) is 0.158. The lowest BCUT2D eigenvalue weighted by atomic mass is 9.90. The van der Waals surface area contributed by atoms with Gasteiger partial charge >= 0.3 is 0 Å². The second-order valence-electron chi connectivity index (χ2n) is 5.86. The Balaban J connectivity index is 1.82. The first-order valence-electron chi connectivity index (χ1n) is 7.69. The minimum absolute atomic E-state index is 0.0930. The van der Waals surface area contributed by atoms with Crippen molar-refractivity contribution in [3.05, 3.63) is 76.5 Å². The molecule has 0 fully saturated rings. The number of rotatable bonds is 4. The lowest BCUT2D eigenvalue weighted by Gasteiger charge is -2.25. The second-order valence-corrected chi connectivity index (χ2v) is 6.79. The first-order chi connectivity index (χ1) is 12.0. The van der Waals surface area contributed by atoms with E-state index in [-0.39, 0.29) is 12.2 Å². The van der Waals surface area contributed by atoms with Gasteiger partial charge in [0.15, 0.2) is 11.0 Å². The standard InChI is InChI=1S/C19H16N4OS/c1-19(7-8-25-18(21)23-19)15-4-2-3-13(9-15)10-17(24)16-6-5-14(11-20)12-22-16/h2-9,12H,10H2,1H3,(H2,21,23)/t19-/m0/s1. The molecule has 5 nitrogen and oxygen atoms in total. The van der Waals surface area contributed by atoms with Crippen LogP contribution in [0, 0.1) is 11.3 Å². The van der Waals surface area contributed by atoms with E-state index >= 15 is 0 Å². The number of aromatic nitrogens is 1. The molecule has 0 amide bonds. The van der Waals surface area contributed by atoms with Crippen LogP contribution in [0.3, 0.4) is 0 Å². The molecular weight excluding hydrogens is 332 g/mol. The number of hydrogen-bond donors (Lipinski definition) is 1. The van der Waals surface area contributed by atoms with Crippen LogP contribution in [0.1, 0.15) is 34.1 Å². The van der Waals surface area contributed by atoms with E-state index in [1.54, 1.807) is 12.1 Å². The predicted octanol–water partition coefficient (Wildman–Crippen LogP) is 3.17. The summed E-state index contributed by atoms with van der Waals surface area (Å²) in [4.78, 5) is 21.0. The molecule has 1 aliphatic heterocycles. The van der Waals surface area contributed by atoms with Crippen molar-refractivity contribution in [1.29, 1.82) is 5.26 Å². The molecule has 0 unspecified atom stereocenters. The van der Waals surface area contributed by atoms with Gasteiger partial charge < -0.3 is 5.73 Å². The fourth-order valence-electron chi connectivity index (χ4n) is 2.59. The van der Waals surface area contributed by atoms with E-state index in [0.29, 0.717) is 16.4 Å². The molecule has 0 radical (unpaired) electrons. The highest BCUT2D eigenvalue weighted by Gasteiger charge is 2.25. The summed E-state index contributed by atoms with van der Waals surface area (Å²) in [5.74, 6) is -0.0930. The zero-order valence-electron chi connectivity index (χ0n) is 13.6. The number of pyridine rings is 1. The number of amidine groups is 1. The number of benzene rings is 1. The van der Waals surface area contributed by atoms with Crippen LogP contribution in [0.25, 0.3) is 0 Å². The van der Waals surface area contributed by atoms with Crippen LogP contribution in [0.5, 0.6) is 0 Å². The topological polar surface area (TPSA) is 92.1 Å². The molecule has 25 heavy (non-hydrogen) atoms. The summed E-state index contributed by atoms with van der Waals surface area (Å²) in [7, 11) is 0. The Morgan fingerprint density at radius 2 is 2.20 bits per heavy atom. The lowest BCUT2D eigenvalue weighted by molar-refractivity contribution is 0.0988. The number of aliphatic imine (C=N–C) groups is 1. The molecule has 0 spiro atoms. The van der Waals surface area contributed by atoms with E-state index in [9.17, 15) is 4.79 Å². The van der Waals surface area contributed by atoms with Crippen molar-refractivity contribution < 1.29 is 4.79 Å². The Morgan fingerprint density at radius 1 is 1.36 bits per heavy atom. The molecule has 2 N–H and O–H groups in total. The molecule has 0 saturated carbocycles. The van der Waals surface area contributed by atoms with Crippen molar-refractivity contribution in [3.8, 4) is 6.07 Å². The number of nitriles is 1. The minimum Gasteiger partial charge on any atom is -0.378 e. The van der Waals surface area contributed by atoms with E-state index in [1.165, 1.54) is 18.0 Å². The van der Waals surface area contributed by atoms with Crippen molar-refractivity contribution in [2.75, 3.05) is 0 Å². The molecule has 124 valence electrons. The predicted molar refractivity (Wildman–Crippen MR) is 99.1 cm³/mol. The van der Waals surface area contributed by atoms with E-state index in [1.807, 2.05) is 48.7 Å². The molecular formula is C19H16N4OS. The molecule has 1 aromatic heterocycles. The van der Waals surface area contributed by atoms with Crippen LogP contribution >= 0.6 is 11.8 Å². The molecule has 0 aliphatic carbocycles. The highest BCUT2D eigenvalue weighted by atomic mass is 32.2. The summed E-state index contributed by atoms with van der Waals surface area (Å²) in [6, 6.07) is 12.9. The van der Waals surface area contributed by atoms with E-state index in [0.717, 1.165) is 11.1 Å². The zero-order chi connectivity index (χ0) is 17.9. The Bertz CT molecular complexity index is 912. The Kier molecular flexibility index (Phi) is 4.68. The molecule has 0 saturated heterocycles. The van der Waals surface area contributed by atoms with E-state index < -0.39 is 5.54 Å². The third-order valence-corrected chi connectivity index (χ3v) is 4.58. The van der Waals surface area contributed by atoms with Crippen LogP contribution < -0.4 is 5.73 Å². The number of nitrogens with zero attached hydrogens (tertiary/aromatic N) is 3. The smallest absolute Gasteiger partial charge is 0.185 e. The fourth-order valence-corrected chi connectivity index (χ4v) is 3.30. The summed E-state index contributed by atoms with van der Waals surface area (Å²) in [6.45, 7) is 1.99. The van der Waals surface area contributed by atoms with Gasteiger partial charge in [0.25, 0.3) is 0 Å². The first-order valence-corrected chi connectivity index (χ1v) is 8.56. The zero-order valence-corrected chi connectivity index (χ0v) is 14.5. The van der Waals surface area contributed by atoms with Gasteiger partial charge in [-0.25, -0.2) is 4.99 Å². The summed E-state index contributed by atoms with van der Waals surface area (Å²) in [5, 5.41) is 11.3. The van der Waals surface area contributed by atoms with Gasteiger partial charge in [-0.1, -0.05) is 36.0 Å². The molecule has 1 atom stereocenters. The number of hydrogen-bond acceptors (Lipinski definition) is 6. The van der Waals surface area contributed by atoms with Gasteiger partial charge in [-0.15, -0.1) is 0 Å². The Morgan fingerprint density at radius 3 is 2.88 bits per heavy atom. The second kappa shape index (κ2) is 6.91. The van der Waals surface area contributed by atoms with Crippen LogP contribution in [0.4, 0.5) is 0 Å². The number of ketones is 1. The average Bonchev–Trinajstić information content (AvgIpc) is 2.62. The van der Waals surface area contributed by atoms with Crippen LogP contribution in [-0.4, -0.2) is 15.9 Å². The van der Waals surface area contributed by atoms with Gasteiger partial charge in [-0.2, -0.15) is 5.26 Å². The molecule has 2 aromatic rings. The van der Waals surface area contributed by atoms with Crippen molar-refractivity contribution in [1.82, 2.24) is 4.98 Å². The largest absolute Gasteiger partial charge is 0.378 e. The average molecular weight is 348 g/mol. The van der Waals surface area contributed by atoms with Crippen molar-refractivity contribution in [2.24, 2.45) is 10.7 Å². The number of Topliss-reactive ketones (excluding diaryl/α,β-unsaturated/α-hetero) is 1. The van der Waals surface area contributed by atoms with Crippen molar-refractivity contribution in [2.45, 2.75) is 18.9 Å². The Hall–Kier alpha value is -2.91. The molecule has 1 aliphatic rings. The van der Waals surface area contributed by atoms with Gasteiger partial charge in [0.1, 0.15) is 17.3 Å². The van der Waals surface area contributed by atoms with Gasteiger partial charge in [0, 0.05) is 12.6 Å². The lowest BCUT2D eigenvalue weighted by Crippen LogP contribution is -2.23. The summed E-state index contributed by atoms with van der Waals surface area (Å²) < 4.78 is 0. The monoisotopic (exact) mass is 348 g/mol. The van der Waals surface area contributed by atoms with Crippen molar-refractivity contribution >= 4 is 22.7 Å². The number of nitrogens with two attached hydrogens (primary N) is 1. The van der Waals surface area contributed by atoms with Gasteiger partial charge in [0.2, 0.25) is 0 Å². The van der Waals surface area contributed by atoms with Crippen LogP contribution in [-0.2, 0) is 12.0 Å². The summed E-state index contributed by atoms with van der Waals surface area (Å²) in [5.41, 5.74) is 7.96. The Labute approximate surface area is 150 Å². The van der Waals surface area contributed by atoms with Crippen molar-refractivity contribution in [3.63, 3.8) is 0 Å². The highest BCUT2D eigenvalue weighted by Crippen LogP contribution is 2.32. The summed E-state index contributed by atoms with van der Waals surface area (Å²) >= 11 is 1.39. The normalized spacial score (nSPS) is 19.1. The van der Waals surface area contributed by atoms with Gasteiger partial charge in [-0.3, -0.25) is 9.78 Å². The quantitative estimate of drug-likeness (QED) is 0.857.